The zero-order chi connectivity index (χ0) is 44.3. The van der Waals surface area contributed by atoms with E-state index < -0.39 is 0 Å². The van der Waals surface area contributed by atoms with E-state index in [9.17, 15) is 0 Å². The third kappa shape index (κ3) is 5.58. The molecule has 13 rings (SSSR count). The minimum atomic E-state index is -0.152. The first-order valence-corrected chi connectivity index (χ1v) is 23.4. The van der Waals surface area contributed by atoms with E-state index in [0.29, 0.717) is 0 Å². The number of fused-ring (bicyclic) bond motifs is 10. The van der Waals surface area contributed by atoms with Crippen LogP contribution in [0.15, 0.2) is 218 Å². The maximum Gasteiger partial charge on any atom is 0.0159 e. The Morgan fingerprint density at radius 3 is 1.41 bits per heavy atom. The van der Waals surface area contributed by atoms with E-state index in [1.54, 1.807) is 0 Å². The maximum absolute atomic E-state index is 2.52. The summed E-state index contributed by atoms with van der Waals surface area (Å²) in [7, 11) is 0. The monoisotopic (exact) mass is 840 g/mol. The molecule has 0 heterocycles. The van der Waals surface area contributed by atoms with E-state index in [0.717, 1.165) is 0 Å². The molecule has 0 atom stereocenters. The van der Waals surface area contributed by atoms with Crippen molar-refractivity contribution < 1.29 is 0 Å². The van der Waals surface area contributed by atoms with Crippen molar-refractivity contribution in [1.29, 1.82) is 0 Å². The number of hydrogen-bond acceptors (Lipinski definition) is 0. The van der Waals surface area contributed by atoms with Crippen LogP contribution in [0.4, 0.5) is 0 Å². The molecule has 0 unspecified atom stereocenters. The fourth-order valence-corrected chi connectivity index (χ4v) is 12.0. The van der Waals surface area contributed by atoms with Gasteiger partial charge in [0.1, 0.15) is 0 Å². The maximum atomic E-state index is 2.52. The minimum Gasteiger partial charge on any atom is -0.0622 e. The summed E-state index contributed by atoms with van der Waals surface area (Å²) in [6.07, 6.45) is 0. The van der Waals surface area contributed by atoms with Crippen LogP contribution in [0.1, 0.15) is 49.9 Å². The van der Waals surface area contributed by atoms with Gasteiger partial charge >= 0.3 is 0 Å². The zero-order valence-corrected chi connectivity index (χ0v) is 37.8. The molecule has 0 aromatic heterocycles. The summed E-state index contributed by atoms with van der Waals surface area (Å²) < 4.78 is 0. The quantitative estimate of drug-likeness (QED) is 0.120. The van der Waals surface area contributed by atoms with Crippen molar-refractivity contribution >= 4 is 32.3 Å². The van der Waals surface area contributed by atoms with E-state index in [1.165, 1.54) is 132 Å². The van der Waals surface area contributed by atoms with Gasteiger partial charge in [-0.25, -0.2) is 0 Å². The summed E-state index contributed by atoms with van der Waals surface area (Å²) in [5.74, 6) is 0. The molecule has 11 aromatic carbocycles. The van der Waals surface area contributed by atoms with Crippen molar-refractivity contribution in [3.05, 3.63) is 241 Å². The fourth-order valence-electron chi connectivity index (χ4n) is 12.0. The summed E-state index contributed by atoms with van der Waals surface area (Å²) in [5.41, 5.74) is 23.3. The third-order valence-electron chi connectivity index (χ3n) is 15.3. The Morgan fingerprint density at radius 1 is 0.242 bits per heavy atom. The molecule has 2 aliphatic carbocycles. The van der Waals surface area contributed by atoms with Crippen LogP contribution in [0.3, 0.4) is 0 Å². The summed E-state index contributed by atoms with van der Waals surface area (Å²) in [6.45, 7) is 9.60. The summed E-state index contributed by atoms with van der Waals surface area (Å²) >= 11 is 0. The molecule has 11 aromatic rings. The van der Waals surface area contributed by atoms with Gasteiger partial charge in [0.15, 0.2) is 0 Å². The summed E-state index contributed by atoms with van der Waals surface area (Å²) in [6, 6.07) is 82.0. The molecule has 2 aliphatic rings. The van der Waals surface area contributed by atoms with Crippen molar-refractivity contribution in [3.8, 4) is 77.9 Å². The highest BCUT2D eigenvalue weighted by atomic mass is 14.4. The summed E-state index contributed by atoms with van der Waals surface area (Å²) in [4.78, 5) is 0. The Bertz CT molecular complexity index is 3790. The second kappa shape index (κ2) is 14.4. The van der Waals surface area contributed by atoms with E-state index in [-0.39, 0.29) is 10.8 Å². The molecular weight excluding hydrogens is 793 g/mol. The molecule has 0 bridgehead atoms. The molecule has 0 radical (unpaired) electrons. The largest absolute Gasteiger partial charge is 0.0622 e. The van der Waals surface area contributed by atoms with Gasteiger partial charge in [-0.15, -0.1) is 0 Å². The van der Waals surface area contributed by atoms with Crippen molar-refractivity contribution in [2.45, 2.75) is 38.5 Å². The standard InChI is InChI=1S/C66H48/c1-65(2)58-30-18-17-26-48(58)56-39-61-57(40-60(56)65)49-34-32-45(38-59(49)66(61,3)4)44-33-35-53(55(37-44)42-21-9-6-10-22-42)62-51-28-15-16-29-52(51)64(63-47-25-12-11-23-43(47)31-36-54(62)63)50-27-14-13-24-46(50)41-19-7-5-8-20-41/h5-40H,1-4H3. The van der Waals surface area contributed by atoms with Gasteiger partial charge in [-0.2, -0.15) is 0 Å². The molecule has 0 saturated carbocycles. The van der Waals surface area contributed by atoms with Crippen LogP contribution in [-0.4, -0.2) is 0 Å². The van der Waals surface area contributed by atoms with E-state index in [4.69, 9.17) is 0 Å². The highest BCUT2D eigenvalue weighted by molar-refractivity contribution is 6.29. The second-order valence-electron chi connectivity index (χ2n) is 19.5. The van der Waals surface area contributed by atoms with Crippen LogP contribution in [-0.2, 0) is 10.8 Å². The molecule has 0 fully saturated rings. The molecule has 66 heavy (non-hydrogen) atoms. The average molecular weight is 841 g/mol. The lowest BCUT2D eigenvalue weighted by Gasteiger charge is -2.24. The number of benzene rings is 11. The van der Waals surface area contributed by atoms with Gasteiger partial charge in [0.25, 0.3) is 0 Å². The van der Waals surface area contributed by atoms with Gasteiger partial charge in [0.2, 0.25) is 0 Å². The average Bonchev–Trinajstić information content (AvgIpc) is 3.73. The number of hydrogen-bond donors (Lipinski definition) is 0. The van der Waals surface area contributed by atoms with Crippen LogP contribution in [0.25, 0.3) is 110 Å². The molecule has 0 aliphatic heterocycles. The SMILES string of the molecule is CC1(C)c2ccccc2-c2cc3c(cc21)-c1ccc(-c2ccc(-c4c5ccccc5c(-c5ccccc5-c5ccccc5)c5c4ccc4ccccc45)c(-c4ccccc4)c2)cc1C3(C)C. The number of rotatable bonds is 5. The molecule has 0 N–H and O–H groups in total. The van der Waals surface area contributed by atoms with Crippen LogP contribution < -0.4 is 0 Å². The van der Waals surface area contributed by atoms with E-state index in [2.05, 4.69) is 246 Å². The minimum absolute atomic E-state index is 0.0416. The molecule has 312 valence electrons. The van der Waals surface area contributed by atoms with Crippen LogP contribution in [0.5, 0.6) is 0 Å². The Hall–Kier alpha value is -7.80. The van der Waals surface area contributed by atoms with Crippen molar-refractivity contribution in [1.82, 2.24) is 0 Å². The lowest BCUT2D eigenvalue weighted by Crippen LogP contribution is -2.17. The van der Waals surface area contributed by atoms with E-state index >= 15 is 0 Å². The molecule has 0 amide bonds. The normalized spacial score (nSPS) is 14.0. The highest BCUT2D eigenvalue weighted by Crippen LogP contribution is 2.57. The zero-order valence-electron chi connectivity index (χ0n) is 37.8. The lowest BCUT2D eigenvalue weighted by atomic mass is 9.79. The molecule has 0 nitrogen and oxygen atoms in total. The molecular formula is C66H48. The van der Waals surface area contributed by atoms with E-state index in [1.807, 2.05) is 0 Å². The highest BCUT2D eigenvalue weighted by Gasteiger charge is 2.41. The molecule has 0 heteroatoms. The van der Waals surface area contributed by atoms with Gasteiger partial charge in [-0.1, -0.05) is 222 Å². The first-order chi connectivity index (χ1) is 32.3. The fraction of sp³-hybridized carbons (Fsp3) is 0.0909. The Morgan fingerprint density at radius 2 is 0.712 bits per heavy atom. The van der Waals surface area contributed by atoms with Gasteiger partial charge < -0.3 is 0 Å². The van der Waals surface area contributed by atoms with Crippen molar-refractivity contribution in [2.24, 2.45) is 0 Å². The van der Waals surface area contributed by atoms with Crippen LogP contribution in [0, 0.1) is 0 Å². The smallest absolute Gasteiger partial charge is 0.0159 e. The Kier molecular flexibility index (Phi) is 8.40. The van der Waals surface area contributed by atoms with Gasteiger partial charge in [-0.3, -0.25) is 0 Å². The molecule has 0 saturated heterocycles. The first-order valence-electron chi connectivity index (χ1n) is 23.4. The van der Waals surface area contributed by atoms with Crippen LogP contribution in [0.2, 0.25) is 0 Å². The summed E-state index contributed by atoms with van der Waals surface area (Å²) in [5, 5.41) is 7.54. The Labute approximate surface area is 387 Å². The second-order valence-corrected chi connectivity index (χ2v) is 19.5. The van der Waals surface area contributed by atoms with Crippen LogP contribution >= 0.6 is 0 Å². The van der Waals surface area contributed by atoms with Crippen molar-refractivity contribution in [2.75, 3.05) is 0 Å². The predicted octanol–water partition coefficient (Wildman–Crippen LogP) is 18.1. The van der Waals surface area contributed by atoms with Crippen molar-refractivity contribution in [3.63, 3.8) is 0 Å². The molecule has 0 spiro atoms. The van der Waals surface area contributed by atoms with Gasteiger partial charge in [0.05, 0.1) is 0 Å². The third-order valence-corrected chi connectivity index (χ3v) is 15.3. The van der Waals surface area contributed by atoms with Gasteiger partial charge in [-0.05, 0) is 157 Å². The first kappa shape index (κ1) is 38.6. The lowest BCUT2D eigenvalue weighted by molar-refractivity contribution is 0.652. The topological polar surface area (TPSA) is 0 Å². The predicted molar refractivity (Wildman–Crippen MR) is 281 cm³/mol. The van der Waals surface area contributed by atoms with Gasteiger partial charge in [0, 0.05) is 10.8 Å². The Balaban J connectivity index is 1.03.